The maximum Gasteiger partial charge on any atom is 0.282 e. The van der Waals surface area contributed by atoms with Gasteiger partial charge in [0, 0.05) is 23.4 Å². The van der Waals surface area contributed by atoms with E-state index in [-0.39, 0.29) is 28.7 Å². The summed E-state index contributed by atoms with van der Waals surface area (Å²) < 4.78 is 27.3. The number of hydrogen-bond acceptors (Lipinski definition) is 5. The molecule has 2 spiro atoms. The highest BCUT2D eigenvalue weighted by molar-refractivity contribution is 6.58. The molecule has 11 heteroatoms. The molecule has 1 fully saturated rings. The quantitative estimate of drug-likeness (QED) is 0.580. The number of nitrogens with zero attached hydrogens (tertiary/aromatic N) is 2. The minimum absolute atomic E-state index is 0.150. The largest absolute Gasteiger partial charge is 0.475 e. The standard InChI is InChI=1S/C23H31B5FN3O2/c1-12-9-20(6-4-18(12)33-23(26,27)28)10-14-3-2-13(15-11-31-7-5-17(15)29)8-16(14)21(20)22(24,25)34-19(30)32-21/h2-3,5,7-8,11-12,18H,4,6,9-10,24-28H2,1H3,(H2,30,32)/t12-,18-,20-,21-/m0/s1. The number of rotatable bonds is 3. The van der Waals surface area contributed by atoms with Crippen LogP contribution in [-0.2, 0) is 21.4 Å². The number of fused-ring (bicyclic) bond motifs is 3. The van der Waals surface area contributed by atoms with Crippen LogP contribution in [0.1, 0.15) is 37.3 Å². The van der Waals surface area contributed by atoms with Gasteiger partial charge >= 0.3 is 0 Å². The minimum Gasteiger partial charge on any atom is -0.475 e. The predicted molar refractivity (Wildman–Crippen MR) is 146 cm³/mol. The third-order valence-electron chi connectivity index (χ3n) is 8.14. The van der Waals surface area contributed by atoms with Crippen molar-refractivity contribution in [3.05, 3.63) is 53.6 Å². The van der Waals surface area contributed by atoms with Crippen molar-refractivity contribution in [2.75, 3.05) is 0 Å². The zero-order valence-corrected chi connectivity index (χ0v) is 21.1. The average Bonchev–Trinajstić information content (AvgIpc) is 3.14. The Morgan fingerprint density at radius 1 is 1.24 bits per heavy atom. The Kier molecular flexibility index (Phi) is 5.33. The van der Waals surface area contributed by atoms with Crippen molar-refractivity contribution in [2.24, 2.45) is 22.1 Å². The Balaban J connectivity index is 1.63. The summed E-state index contributed by atoms with van der Waals surface area (Å²) in [5.74, 6) is 0.0809. The van der Waals surface area contributed by atoms with Gasteiger partial charge in [-0.15, -0.1) is 0 Å². The van der Waals surface area contributed by atoms with Crippen LogP contribution >= 0.6 is 0 Å². The van der Waals surface area contributed by atoms with Gasteiger partial charge in [0.1, 0.15) is 34.9 Å². The lowest BCUT2D eigenvalue weighted by Gasteiger charge is -2.53. The molecule has 0 radical (unpaired) electrons. The molecule has 1 saturated carbocycles. The van der Waals surface area contributed by atoms with E-state index < -0.39 is 10.9 Å². The Labute approximate surface area is 205 Å². The van der Waals surface area contributed by atoms with E-state index in [9.17, 15) is 4.39 Å². The summed E-state index contributed by atoms with van der Waals surface area (Å²) in [5, 5.41) is -0.813. The molecule has 2 heterocycles. The third-order valence-corrected chi connectivity index (χ3v) is 8.14. The van der Waals surface area contributed by atoms with Gasteiger partial charge in [-0.05, 0) is 65.7 Å². The molecule has 3 aliphatic rings. The predicted octanol–water partition coefficient (Wildman–Crippen LogP) is -1.39. The van der Waals surface area contributed by atoms with Crippen molar-refractivity contribution in [3.63, 3.8) is 0 Å². The maximum atomic E-state index is 14.7. The molecule has 0 unspecified atom stereocenters. The van der Waals surface area contributed by atoms with Crippen LogP contribution in [-0.4, -0.2) is 67.0 Å². The summed E-state index contributed by atoms with van der Waals surface area (Å²) in [6.45, 7) is 2.29. The van der Waals surface area contributed by atoms with Crippen molar-refractivity contribution in [1.82, 2.24) is 4.98 Å². The molecule has 5 nitrogen and oxygen atoms in total. The highest BCUT2D eigenvalue weighted by Crippen LogP contribution is 2.66. The Morgan fingerprint density at radius 3 is 2.62 bits per heavy atom. The molecule has 0 amide bonds. The summed E-state index contributed by atoms with van der Waals surface area (Å²) in [5.41, 5.74) is 9.10. The first-order valence-electron chi connectivity index (χ1n) is 12.3. The second kappa shape index (κ2) is 7.68. The number of aliphatic imine (C=N–C) groups is 1. The van der Waals surface area contributed by atoms with Crippen LogP contribution in [0.15, 0.2) is 41.7 Å². The lowest BCUT2D eigenvalue weighted by Crippen LogP contribution is -2.60. The number of hydrogen-bond donors (Lipinski definition) is 1. The Morgan fingerprint density at radius 2 is 2.00 bits per heavy atom. The van der Waals surface area contributed by atoms with Crippen molar-refractivity contribution in [2.45, 2.75) is 54.9 Å². The van der Waals surface area contributed by atoms with Crippen LogP contribution in [0.4, 0.5) is 4.39 Å². The van der Waals surface area contributed by atoms with Crippen molar-refractivity contribution in [3.8, 4) is 11.1 Å². The number of ether oxygens (including phenoxy) is 2. The zero-order valence-electron chi connectivity index (χ0n) is 21.1. The highest BCUT2D eigenvalue weighted by atomic mass is 19.1. The van der Waals surface area contributed by atoms with E-state index in [4.69, 9.17) is 20.2 Å². The SMILES string of the molecule is BC(B)(B)O[C@H]1CC[C@@]2(Cc3ccc(-c4cnccc4F)cc3[C@]23N=C(N)OC3(B)B)C[C@@H]1C. The Bertz CT molecular complexity index is 1170. The van der Waals surface area contributed by atoms with E-state index in [2.05, 4.69) is 63.3 Å². The van der Waals surface area contributed by atoms with Crippen molar-refractivity contribution in [1.29, 1.82) is 0 Å². The fourth-order valence-electron chi connectivity index (χ4n) is 7.07. The van der Waals surface area contributed by atoms with Gasteiger partial charge < -0.3 is 15.2 Å². The van der Waals surface area contributed by atoms with Crippen LogP contribution in [0.2, 0.25) is 0 Å². The summed E-state index contributed by atoms with van der Waals surface area (Å²) in [6, 6.07) is 7.86. The fraction of sp³-hybridized carbons (Fsp3) is 0.478. The van der Waals surface area contributed by atoms with E-state index >= 15 is 0 Å². The molecule has 34 heavy (non-hydrogen) atoms. The molecular weight excluding hydrogens is 423 g/mol. The van der Waals surface area contributed by atoms with E-state index in [0.29, 0.717) is 11.5 Å². The van der Waals surface area contributed by atoms with Gasteiger partial charge in [0.25, 0.3) is 6.02 Å². The highest BCUT2D eigenvalue weighted by Gasteiger charge is 2.69. The summed E-state index contributed by atoms with van der Waals surface area (Å²) in [6.07, 6.45) is 7.05. The normalized spacial score (nSPS) is 31.9. The first kappa shape index (κ1) is 23.6. The molecule has 1 aromatic heterocycles. The lowest BCUT2D eigenvalue weighted by molar-refractivity contribution is -0.0743. The van der Waals surface area contributed by atoms with E-state index in [1.807, 2.05) is 6.07 Å². The molecule has 0 bridgehead atoms. The zero-order chi connectivity index (χ0) is 24.5. The molecule has 4 atom stereocenters. The lowest BCUT2D eigenvalue weighted by atomic mass is 9.44. The number of halogens is 1. The van der Waals surface area contributed by atoms with E-state index in [0.717, 1.165) is 36.8 Å². The smallest absolute Gasteiger partial charge is 0.282 e. The molecule has 5 rings (SSSR count). The van der Waals surface area contributed by atoms with Gasteiger partial charge in [-0.25, -0.2) is 9.38 Å². The number of amidine groups is 1. The third kappa shape index (κ3) is 3.45. The van der Waals surface area contributed by atoms with Gasteiger partial charge in [-0.2, -0.15) is 0 Å². The number of benzene rings is 1. The summed E-state index contributed by atoms with van der Waals surface area (Å²) in [4.78, 5) is 9.25. The second-order valence-corrected chi connectivity index (χ2v) is 11.9. The Hall–Kier alpha value is -2.15. The second-order valence-electron chi connectivity index (χ2n) is 11.9. The molecule has 172 valence electrons. The maximum absolute atomic E-state index is 14.7. The topological polar surface area (TPSA) is 69.7 Å². The number of pyridine rings is 1. The number of aromatic nitrogens is 1. The first-order chi connectivity index (χ1) is 15.9. The average molecular weight is 455 g/mol. The molecule has 2 aromatic rings. The van der Waals surface area contributed by atoms with Gasteiger partial charge in [-0.3, -0.25) is 4.98 Å². The van der Waals surface area contributed by atoms with Crippen LogP contribution in [0.3, 0.4) is 0 Å². The van der Waals surface area contributed by atoms with Crippen LogP contribution in [0.5, 0.6) is 0 Å². The fourth-order valence-corrected chi connectivity index (χ4v) is 7.07. The first-order valence-corrected chi connectivity index (χ1v) is 12.3. The molecule has 2 N–H and O–H groups in total. The van der Waals surface area contributed by atoms with Crippen LogP contribution in [0.25, 0.3) is 11.1 Å². The monoisotopic (exact) mass is 455 g/mol. The van der Waals surface area contributed by atoms with Crippen LogP contribution in [0, 0.1) is 17.2 Å². The van der Waals surface area contributed by atoms with Gasteiger partial charge in [0.05, 0.1) is 11.5 Å². The van der Waals surface area contributed by atoms with Gasteiger partial charge in [-0.1, -0.05) is 19.1 Å². The molecule has 1 aromatic carbocycles. The molecular formula is C23H31B5FN3O2. The molecule has 1 aliphatic heterocycles. The summed E-state index contributed by atoms with van der Waals surface area (Å²) >= 11 is 0. The van der Waals surface area contributed by atoms with Crippen LogP contribution < -0.4 is 5.73 Å². The minimum atomic E-state index is -0.644. The van der Waals surface area contributed by atoms with Crippen molar-refractivity contribution < 1.29 is 13.9 Å². The van der Waals surface area contributed by atoms with Crippen molar-refractivity contribution >= 4 is 45.3 Å². The van der Waals surface area contributed by atoms with E-state index in [1.165, 1.54) is 17.8 Å². The van der Waals surface area contributed by atoms with Gasteiger partial charge in [0.15, 0.2) is 15.7 Å². The molecule has 2 aliphatic carbocycles. The van der Waals surface area contributed by atoms with Gasteiger partial charge in [0.2, 0.25) is 0 Å². The summed E-state index contributed by atoms with van der Waals surface area (Å²) in [7, 11) is 10.5. The number of nitrogens with two attached hydrogens (primary N) is 1. The van der Waals surface area contributed by atoms with E-state index in [1.54, 1.807) is 6.20 Å². The molecule has 0 saturated heterocycles.